The third-order valence-corrected chi connectivity index (χ3v) is 5.72. The van der Waals surface area contributed by atoms with E-state index in [1.54, 1.807) is 17.2 Å². The summed E-state index contributed by atoms with van der Waals surface area (Å²) in [7, 11) is 0. The van der Waals surface area contributed by atoms with Gasteiger partial charge in [0.05, 0.1) is 11.1 Å². The number of hydrogen-bond acceptors (Lipinski definition) is 3. The first kappa shape index (κ1) is 19.4. The summed E-state index contributed by atoms with van der Waals surface area (Å²) in [6, 6.07) is 9.66. The lowest BCUT2D eigenvalue weighted by molar-refractivity contribution is 0.0953. The van der Waals surface area contributed by atoms with Crippen molar-refractivity contribution < 1.29 is 9.59 Å². The smallest absolute Gasteiger partial charge is 0.259 e. The lowest BCUT2D eigenvalue weighted by Gasteiger charge is -2.29. The summed E-state index contributed by atoms with van der Waals surface area (Å²) in [5.41, 5.74) is 4.45. The summed E-state index contributed by atoms with van der Waals surface area (Å²) < 4.78 is 0. The first-order valence-electron chi connectivity index (χ1n) is 10.5. The normalized spacial score (nSPS) is 16.0. The maximum Gasteiger partial charge on any atom is 0.259 e. The van der Waals surface area contributed by atoms with Crippen molar-refractivity contribution in [2.75, 3.05) is 18.0 Å². The summed E-state index contributed by atoms with van der Waals surface area (Å²) in [4.78, 5) is 31.6. The van der Waals surface area contributed by atoms with Crippen molar-refractivity contribution in [3.63, 3.8) is 0 Å². The van der Waals surface area contributed by atoms with Gasteiger partial charge in [0.25, 0.3) is 11.8 Å². The molecule has 0 fully saturated rings. The van der Waals surface area contributed by atoms with Gasteiger partial charge < -0.3 is 10.2 Å². The number of benzene rings is 1. The standard InChI is InChI=1S/C24H27N3O2/c28-23(26-13-12-18-7-2-1-3-8-18)20-15-21(17-25-16-20)24(29)27-14-6-10-19-9-4-5-11-22(19)27/h4-5,7,9,11,15-17H,1-3,6,8,10,12-14H2,(H,26,28). The molecular weight excluding hydrogens is 362 g/mol. The van der Waals surface area contributed by atoms with Gasteiger partial charge in [-0.25, -0.2) is 0 Å². The van der Waals surface area contributed by atoms with Crippen LogP contribution in [0.5, 0.6) is 0 Å². The molecule has 0 atom stereocenters. The van der Waals surface area contributed by atoms with Crippen molar-refractivity contribution in [3.05, 3.63) is 71.1 Å². The molecule has 0 unspecified atom stereocenters. The molecule has 2 aromatic rings. The number of amides is 2. The Balaban J connectivity index is 1.42. The summed E-state index contributed by atoms with van der Waals surface area (Å²) >= 11 is 0. The molecule has 0 saturated carbocycles. The van der Waals surface area contributed by atoms with Crippen LogP contribution in [0.15, 0.2) is 54.4 Å². The minimum Gasteiger partial charge on any atom is -0.352 e. The molecule has 0 spiro atoms. The summed E-state index contributed by atoms with van der Waals surface area (Å²) in [5, 5.41) is 2.96. The molecule has 1 aliphatic heterocycles. The van der Waals surface area contributed by atoms with Gasteiger partial charge in [0.15, 0.2) is 0 Å². The topological polar surface area (TPSA) is 62.3 Å². The maximum atomic E-state index is 13.1. The third kappa shape index (κ3) is 4.56. The third-order valence-electron chi connectivity index (χ3n) is 5.72. The Morgan fingerprint density at radius 1 is 1.03 bits per heavy atom. The van der Waals surface area contributed by atoms with Gasteiger partial charge in [0.2, 0.25) is 0 Å². The Kier molecular flexibility index (Phi) is 6.03. The molecule has 5 heteroatoms. The quantitative estimate of drug-likeness (QED) is 0.776. The highest BCUT2D eigenvalue weighted by molar-refractivity contribution is 6.08. The number of aromatic nitrogens is 1. The number of rotatable bonds is 5. The van der Waals surface area contributed by atoms with Crippen LogP contribution < -0.4 is 10.2 Å². The molecule has 1 N–H and O–H groups in total. The molecule has 1 aromatic carbocycles. The Bertz CT molecular complexity index is 935. The molecule has 0 bridgehead atoms. The number of hydrogen-bond donors (Lipinski definition) is 1. The van der Waals surface area contributed by atoms with Gasteiger partial charge in [-0.2, -0.15) is 0 Å². The van der Waals surface area contributed by atoms with Crippen molar-refractivity contribution in [1.29, 1.82) is 0 Å². The van der Waals surface area contributed by atoms with E-state index in [0.717, 1.165) is 37.8 Å². The number of carbonyl (C=O) groups is 2. The number of allylic oxidation sites excluding steroid dienone is 1. The SMILES string of the molecule is O=C(NCCC1=CCCCC1)c1cncc(C(=O)N2CCCc3ccccc32)c1. The predicted octanol–water partition coefficient (Wildman–Crippen LogP) is 4.29. The van der Waals surface area contributed by atoms with Crippen molar-refractivity contribution in [2.45, 2.75) is 44.9 Å². The molecule has 0 radical (unpaired) electrons. The molecule has 29 heavy (non-hydrogen) atoms. The first-order valence-corrected chi connectivity index (χ1v) is 10.5. The Morgan fingerprint density at radius 2 is 1.90 bits per heavy atom. The molecule has 5 nitrogen and oxygen atoms in total. The molecule has 0 saturated heterocycles. The monoisotopic (exact) mass is 389 g/mol. The number of carbonyl (C=O) groups excluding carboxylic acids is 2. The number of para-hydroxylation sites is 1. The molecule has 1 aromatic heterocycles. The molecule has 2 heterocycles. The molecule has 1 aliphatic carbocycles. The summed E-state index contributed by atoms with van der Waals surface area (Å²) in [6.45, 7) is 1.30. The van der Waals surface area contributed by atoms with E-state index in [0.29, 0.717) is 24.2 Å². The lowest BCUT2D eigenvalue weighted by Crippen LogP contribution is -2.35. The van der Waals surface area contributed by atoms with Gasteiger partial charge in [-0.3, -0.25) is 14.6 Å². The van der Waals surface area contributed by atoms with E-state index in [1.165, 1.54) is 30.2 Å². The predicted molar refractivity (Wildman–Crippen MR) is 114 cm³/mol. The number of aryl methyl sites for hydroxylation is 1. The van der Waals surface area contributed by atoms with Gasteiger partial charge >= 0.3 is 0 Å². The number of fused-ring (bicyclic) bond motifs is 1. The highest BCUT2D eigenvalue weighted by Crippen LogP contribution is 2.28. The van der Waals surface area contributed by atoms with Crippen LogP contribution in [0.4, 0.5) is 5.69 Å². The van der Waals surface area contributed by atoms with Gasteiger partial charge in [0.1, 0.15) is 0 Å². The van der Waals surface area contributed by atoms with Crippen LogP contribution in [0.1, 0.15) is 64.8 Å². The lowest BCUT2D eigenvalue weighted by atomic mass is 9.97. The van der Waals surface area contributed by atoms with Crippen molar-refractivity contribution in [2.24, 2.45) is 0 Å². The molecule has 150 valence electrons. The van der Waals surface area contributed by atoms with Crippen LogP contribution in [0.25, 0.3) is 0 Å². The largest absolute Gasteiger partial charge is 0.352 e. The zero-order chi connectivity index (χ0) is 20.1. The minimum absolute atomic E-state index is 0.105. The van der Waals surface area contributed by atoms with Gasteiger partial charge in [-0.05, 0) is 62.6 Å². The second kappa shape index (κ2) is 9.03. The Morgan fingerprint density at radius 3 is 2.76 bits per heavy atom. The first-order chi connectivity index (χ1) is 14.2. The van der Waals surface area contributed by atoms with Crippen LogP contribution in [0.3, 0.4) is 0 Å². The average molecular weight is 389 g/mol. The number of anilines is 1. The van der Waals surface area contributed by atoms with E-state index in [2.05, 4.69) is 22.4 Å². The van der Waals surface area contributed by atoms with Crippen LogP contribution in [-0.2, 0) is 6.42 Å². The fourth-order valence-corrected chi connectivity index (χ4v) is 4.15. The molecular formula is C24H27N3O2. The van der Waals surface area contributed by atoms with Crippen LogP contribution in [0, 0.1) is 0 Å². The van der Waals surface area contributed by atoms with Crippen molar-refractivity contribution >= 4 is 17.5 Å². The van der Waals surface area contributed by atoms with E-state index in [4.69, 9.17) is 0 Å². The second-order valence-corrected chi connectivity index (χ2v) is 7.77. The van der Waals surface area contributed by atoms with Crippen molar-refractivity contribution in [1.82, 2.24) is 10.3 Å². The summed E-state index contributed by atoms with van der Waals surface area (Å²) in [6.07, 6.45) is 13.0. The number of nitrogens with zero attached hydrogens (tertiary/aromatic N) is 2. The van der Waals surface area contributed by atoms with E-state index in [-0.39, 0.29) is 11.8 Å². The van der Waals surface area contributed by atoms with Gasteiger partial charge in [-0.15, -0.1) is 0 Å². The van der Waals surface area contributed by atoms with Crippen LogP contribution in [0.2, 0.25) is 0 Å². The molecule has 2 amide bonds. The van der Waals surface area contributed by atoms with E-state index in [1.807, 2.05) is 18.2 Å². The fraction of sp³-hybridized carbons (Fsp3) is 0.375. The maximum absolute atomic E-state index is 13.1. The minimum atomic E-state index is -0.178. The Hall–Kier alpha value is -2.95. The number of nitrogens with one attached hydrogen (secondary N) is 1. The second-order valence-electron chi connectivity index (χ2n) is 7.77. The Labute approximate surface area is 171 Å². The van der Waals surface area contributed by atoms with Crippen LogP contribution >= 0.6 is 0 Å². The summed E-state index contributed by atoms with van der Waals surface area (Å²) in [5.74, 6) is -0.283. The zero-order valence-electron chi connectivity index (χ0n) is 16.7. The van der Waals surface area contributed by atoms with E-state index in [9.17, 15) is 9.59 Å². The molecule has 4 rings (SSSR count). The van der Waals surface area contributed by atoms with E-state index < -0.39 is 0 Å². The highest BCUT2D eigenvalue weighted by atomic mass is 16.2. The highest BCUT2D eigenvalue weighted by Gasteiger charge is 2.24. The zero-order valence-corrected chi connectivity index (χ0v) is 16.7. The number of pyridine rings is 1. The van der Waals surface area contributed by atoms with Crippen LogP contribution in [-0.4, -0.2) is 29.9 Å². The molecule has 2 aliphatic rings. The van der Waals surface area contributed by atoms with Gasteiger partial charge in [-0.1, -0.05) is 29.8 Å². The van der Waals surface area contributed by atoms with Crippen molar-refractivity contribution in [3.8, 4) is 0 Å². The van der Waals surface area contributed by atoms with Gasteiger partial charge in [0, 0.05) is 31.2 Å². The van der Waals surface area contributed by atoms with E-state index >= 15 is 0 Å². The average Bonchev–Trinajstić information content (AvgIpc) is 2.79. The fourth-order valence-electron chi connectivity index (χ4n) is 4.15.